The highest BCUT2D eigenvalue weighted by molar-refractivity contribution is 7.15. The van der Waals surface area contributed by atoms with Crippen LogP contribution in [-0.2, 0) is 6.42 Å². The lowest BCUT2D eigenvalue weighted by atomic mass is 9.85. The second kappa shape index (κ2) is 8.77. The number of aryl methyl sites for hydroxylation is 2. The van der Waals surface area contributed by atoms with E-state index in [4.69, 9.17) is 32.9 Å². The second-order valence-corrected chi connectivity index (χ2v) is 9.80. The summed E-state index contributed by atoms with van der Waals surface area (Å²) in [6, 6.07) is 11.7. The van der Waals surface area contributed by atoms with Gasteiger partial charge in [-0.1, -0.05) is 23.2 Å². The number of nitrogens with one attached hydrogen (secondary N) is 2. The van der Waals surface area contributed by atoms with Gasteiger partial charge >= 0.3 is 0 Å². The minimum Gasteiger partial charge on any atom is -0.496 e. The minimum absolute atomic E-state index is 0.163. The van der Waals surface area contributed by atoms with E-state index in [9.17, 15) is 0 Å². The lowest BCUT2D eigenvalue weighted by Crippen LogP contribution is -2.10. The van der Waals surface area contributed by atoms with Crippen LogP contribution in [0.4, 0.5) is 10.8 Å². The molecule has 4 aromatic rings. The molecule has 2 aromatic carbocycles. The third kappa shape index (κ3) is 4.10. The summed E-state index contributed by atoms with van der Waals surface area (Å²) in [5.74, 6) is 1.70. The van der Waals surface area contributed by atoms with E-state index in [-0.39, 0.29) is 5.92 Å². The Bertz CT molecular complexity index is 1280. The fourth-order valence-electron chi connectivity index (χ4n) is 4.20. The highest BCUT2D eigenvalue weighted by Gasteiger charge is 2.28. The van der Waals surface area contributed by atoms with E-state index in [0.717, 1.165) is 69.2 Å². The Hall–Kier alpha value is -2.54. The van der Waals surface area contributed by atoms with Crippen molar-refractivity contribution < 1.29 is 4.74 Å². The molecular weight excluding hydrogens is 463 g/mol. The third-order valence-electron chi connectivity index (χ3n) is 5.70. The number of aromatic nitrogens is 3. The normalized spacial score (nSPS) is 15.4. The molecule has 2 heterocycles. The quantitative estimate of drug-likeness (QED) is 0.310. The molecule has 5 nitrogen and oxygen atoms in total. The lowest BCUT2D eigenvalue weighted by Gasteiger charge is -2.22. The van der Waals surface area contributed by atoms with E-state index in [1.54, 1.807) is 18.4 Å². The summed E-state index contributed by atoms with van der Waals surface area (Å²) in [4.78, 5) is 14.0. The van der Waals surface area contributed by atoms with E-state index >= 15 is 0 Å². The molecule has 8 heteroatoms. The van der Waals surface area contributed by atoms with Gasteiger partial charge in [-0.2, -0.15) is 0 Å². The van der Waals surface area contributed by atoms with Crippen LogP contribution in [0.3, 0.4) is 0 Å². The van der Waals surface area contributed by atoms with Crippen LogP contribution in [0.5, 0.6) is 5.75 Å². The van der Waals surface area contributed by atoms with Gasteiger partial charge in [0.25, 0.3) is 0 Å². The van der Waals surface area contributed by atoms with E-state index in [1.165, 1.54) is 4.88 Å². The molecule has 1 aliphatic carbocycles. The largest absolute Gasteiger partial charge is 0.496 e. The molecule has 1 unspecified atom stereocenters. The molecule has 0 aliphatic heterocycles. The van der Waals surface area contributed by atoms with E-state index in [2.05, 4.69) is 15.3 Å². The molecule has 0 saturated heterocycles. The fraction of sp³-hybridized carbons (Fsp3) is 0.250. The van der Waals surface area contributed by atoms with Gasteiger partial charge in [-0.15, -0.1) is 11.3 Å². The van der Waals surface area contributed by atoms with Crippen molar-refractivity contribution >= 4 is 45.4 Å². The number of hydrogen-bond acceptors (Lipinski definition) is 5. The molecule has 5 rings (SSSR count). The van der Waals surface area contributed by atoms with Gasteiger partial charge in [0.1, 0.15) is 11.6 Å². The minimum atomic E-state index is 0.163. The Morgan fingerprint density at radius 1 is 1.16 bits per heavy atom. The number of methoxy groups -OCH3 is 1. The first-order valence-corrected chi connectivity index (χ1v) is 12.0. The molecule has 0 fully saturated rings. The van der Waals surface area contributed by atoms with Crippen molar-refractivity contribution in [3.8, 4) is 17.1 Å². The number of benzene rings is 2. The molecule has 0 bridgehead atoms. The van der Waals surface area contributed by atoms with Crippen molar-refractivity contribution in [2.75, 3.05) is 12.4 Å². The van der Waals surface area contributed by atoms with Crippen LogP contribution in [-0.4, -0.2) is 22.1 Å². The number of nitrogens with zero attached hydrogens (tertiary/aromatic N) is 2. The maximum Gasteiger partial charge on any atom is 0.187 e. The zero-order valence-corrected chi connectivity index (χ0v) is 20.0. The average Bonchev–Trinajstić information content (AvgIpc) is 3.40. The molecular formula is C24H22Cl2N4OS. The summed E-state index contributed by atoms with van der Waals surface area (Å²) in [7, 11) is 1.67. The Kier molecular flexibility index (Phi) is 5.84. The number of imidazole rings is 1. The van der Waals surface area contributed by atoms with E-state index in [0.29, 0.717) is 5.02 Å². The maximum atomic E-state index is 6.51. The molecule has 0 radical (unpaired) electrons. The van der Waals surface area contributed by atoms with Gasteiger partial charge in [0, 0.05) is 38.8 Å². The van der Waals surface area contributed by atoms with Crippen molar-refractivity contribution in [3.63, 3.8) is 0 Å². The summed E-state index contributed by atoms with van der Waals surface area (Å²) in [6.45, 7) is 1.95. The van der Waals surface area contributed by atoms with E-state index < -0.39 is 0 Å². The first kappa shape index (κ1) is 21.3. The molecule has 164 valence electrons. The maximum absolute atomic E-state index is 6.51. The van der Waals surface area contributed by atoms with Gasteiger partial charge in [-0.05, 0) is 62.1 Å². The number of anilines is 2. The van der Waals surface area contributed by atoms with Crippen LogP contribution in [0.2, 0.25) is 10.0 Å². The number of aromatic amines is 1. The van der Waals surface area contributed by atoms with Crippen LogP contribution in [0.15, 0.2) is 42.6 Å². The Balaban J connectivity index is 1.44. The Labute approximate surface area is 200 Å². The second-order valence-electron chi connectivity index (χ2n) is 7.87. The smallest absolute Gasteiger partial charge is 0.187 e. The van der Waals surface area contributed by atoms with Crippen LogP contribution >= 0.6 is 34.5 Å². The molecule has 0 amide bonds. The fourth-order valence-corrected chi connectivity index (χ4v) is 5.71. The van der Waals surface area contributed by atoms with Gasteiger partial charge in [-0.3, -0.25) is 0 Å². The number of fused-ring (bicyclic) bond motifs is 1. The molecule has 2 N–H and O–H groups in total. The molecule has 1 aliphatic rings. The predicted octanol–water partition coefficient (Wildman–Crippen LogP) is 7.37. The SMILES string of the molecule is COc1cc(Nc2nc3c(s2)CCCC3c2cc(Cl)ccc2Cl)ccc1-c1nc(C)c[nH]1. The zero-order chi connectivity index (χ0) is 22.2. The van der Waals surface area contributed by atoms with Crippen molar-refractivity contribution in [1.29, 1.82) is 0 Å². The standard InChI is InChI=1S/C24H22Cl2N4OS/c1-13-12-27-23(28-13)17-8-7-15(11-20(17)31-2)29-24-30-22-16(4-3-5-21(22)32-24)18-10-14(25)6-9-19(18)26/h6-12,16H,3-5H2,1-2H3,(H,27,28)(H,29,30). The van der Waals surface area contributed by atoms with Crippen LogP contribution in [0.1, 0.15) is 40.6 Å². The summed E-state index contributed by atoms with van der Waals surface area (Å²) in [6.07, 6.45) is 5.03. The van der Waals surface area contributed by atoms with Gasteiger partial charge in [0.05, 0.1) is 24.1 Å². The highest BCUT2D eigenvalue weighted by atomic mass is 35.5. The van der Waals surface area contributed by atoms with Crippen molar-refractivity contribution in [3.05, 3.63) is 74.5 Å². The number of H-pyrrole nitrogens is 1. The molecule has 1 atom stereocenters. The topological polar surface area (TPSA) is 62.8 Å². The van der Waals surface area contributed by atoms with Crippen LogP contribution in [0.25, 0.3) is 11.4 Å². The summed E-state index contributed by atoms with van der Waals surface area (Å²) >= 11 is 14.5. The van der Waals surface area contributed by atoms with Crippen LogP contribution < -0.4 is 10.1 Å². The number of ether oxygens (including phenoxy) is 1. The van der Waals surface area contributed by atoms with Gasteiger partial charge < -0.3 is 15.0 Å². The van der Waals surface area contributed by atoms with Crippen molar-refractivity contribution in [2.24, 2.45) is 0 Å². The number of halogens is 2. The first-order chi connectivity index (χ1) is 15.5. The monoisotopic (exact) mass is 484 g/mol. The zero-order valence-electron chi connectivity index (χ0n) is 17.7. The highest BCUT2D eigenvalue weighted by Crippen LogP contribution is 2.43. The number of hydrogen-bond donors (Lipinski definition) is 2. The van der Waals surface area contributed by atoms with E-state index in [1.807, 2.05) is 49.5 Å². The predicted molar refractivity (Wildman–Crippen MR) is 132 cm³/mol. The third-order valence-corrected chi connectivity index (χ3v) is 7.33. The molecule has 0 spiro atoms. The van der Waals surface area contributed by atoms with Gasteiger partial charge in [0.15, 0.2) is 5.13 Å². The molecule has 2 aromatic heterocycles. The summed E-state index contributed by atoms with van der Waals surface area (Å²) in [5.41, 5.74) is 4.92. The number of thiazole rings is 1. The van der Waals surface area contributed by atoms with Gasteiger partial charge in [0.2, 0.25) is 0 Å². The van der Waals surface area contributed by atoms with Gasteiger partial charge in [-0.25, -0.2) is 9.97 Å². The first-order valence-electron chi connectivity index (χ1n) is 10.4. The average molecular weight is 485 g/mol. The molecule has 32 heavy (non-hydrogen) atoms. The Morgan fingerprint density at radius 3 is 2.81 bits per heavy atom. The van der Waals surface area contributed by atoms with Crippen molar-refractivity contribution in [1.82, 2.24) is 15.0 Å². The summed E-state index contributed by atoms with van der Waals surface area (Å²) in [5, 5.41) is 5.76. The van der Waals surface area contributed by atoms with Crippen LogP contribution in [0, 0.1) is 6.92 Å². The number of rotatable bonds is 5. The van der Waals surface area contributed by atoms with Crippen molar-refractivity contribution in [2.45, 2.75) is 32.1 Å². The summed E-state index contributed by atoms with van der Waals surface area (Å²) < 4.78 is 5.62. The lowest BCUT2D eigenvalue weighted by molar-refractivity contribution is 0.416. The Morgan fingerprint density at radius 2 is 2.03 bits per heavy atom. The molecule has 0 saturated carbocycles.